The first kappa shape index (κ1) is 21.2. The van der Waals surface area contributed by atoms with Gasteiger partial charge in [-0.15, -0.1) is 0 Å². The van der Waals surface area contributed by atoms with Gasteiger partial charge in [0.1, 0.15) is 4.90 Å². The van der Waals surface area contributed by atoms with Gasteiger partial charge >= 0.3 is 0 Å². The number of aryl methyl sites for hydroxylation is 2. The van der Waals surface area contributed by atoms with Gasteiger partial charge in [0, 0.05) is 57.9 Å². The number of nitrogens with zero attached hydrogens (tertiary/aromatic N) is 4. The molecule has 1 atom stereocenters. The van der Waals surface area contributed by atoms with Crippen LogP contribution < -0.4 is 5.32 Å². The van der Waals surface area contributed by atoms with Gasteiger partial charge in [0.15, 0.2) is 0 Å². The van der Waals surface area contributed by atoms with Gasteiger partial charge in [0.2, 0.25) is 15.9 Å². The summed E-state index contributed by atoms with van der Waals surface area (Å²) in [6.45, 7) is 8.37. The molecule has 1 aromatic heterocycles. The van der Waals surface area contributed by atoms with E-state index in [-0.39, 0.29) is 22.8 Å². The molecular formula is C18H31N5O4S. The van der Waals surface area contributed by atoms with Crippen LogP contribution in [0.3, 0.4) is 0 Å². The van der Waals surface area contributed by atoms with Gasteiger partial charge in [0.05, 0.1) is 18.9 Å². The summed E-state index contributed by atoms with van der Waals surface area (Å²) in [5, 5.41) is 7.17. The van der Waals surface area contributed by atoms with Gasteiger partial charge in [-0.25, -0.2) is 8.42 Å². The van der Waals surface area contributed by atoms with Crippen LogP contribution in [0.1, 0.15) is 25.5 Å². The molecule has 0 bridgehead atoms. The van der Waals surface area contributed by atoms with Crippen molar-refractivity contribution in [3.05, 3.63) is 11.9 Å². The molecule has 1 unspecified atom stereocenters. The summed E-state index contributed by atoms with van der Waals surface area (Å²) >= 11 is 0. The van der Waals surface area contributed by atoms with Crippen molar-refractivity contribution in [3.63, 3.8) is 0 Å². The highest BCUT2D eigenvalue weighted by Crippen LogP contribution is 2.25. The quantitative estimate of drug-likeness (QED) is 0.703. The average Bonchev–Trinajstić information content (AvgIpc) is 3.05. The largest absolute Gasteiger partial charge is 0.379 e. The number of carbonyl (C=O) groups is 1. The molecule has 2 saturated heterocycles. The first-order valence-electron chi connectivity index (χ1n) is 9.89. The fraction of sp³-hybridized carbons (Fsp3) is 0.778. The van der Waals surface area contributed by atoms with E-state index in [9.17, 15) is 13.2 Å². The molecule has 1 aromatic rings. The van der Waals surface area contributed by atoms with Crippen LogP contribution in [0.2, 0.25) is 0 Å². The third-order valence-corrected chi connectivity index (χ3v) is 7.65. The highest BCUT2D eigenvalue weighted by molar-refractivity contribution is 7.89. The van der Waals surface area contributed by atoms with Gasteiger partial charge in [0.25, 0.3) is 0 Å². The number of aromatic nitrogens is 2. The van der Waals surface area contributed by atoms with E-state index >= 15 is 0 Å². The van der Waals surface area contributed by atoms with E-state index in [1.807, 2.05) is 0 Å². The molecular weight excluding hydrogens is 382 g/mol. The summed E-state index contributed by atoms with van der Waals surface area (Å²) in [7, 11) is -1.85. The zero-order chi connectivity index (χ0) is 20.3. The predicted molar refractivity (Wildman–Crippen MR) is 104 cm³/mol. The molecule has 0 aliphatic carbocycles. The Kier molecular flexibility index (Phi) is 6.74. The number of hydrogen-bond acceptors (Lipinski definition) is 6. The Morgan fingerprint density at radius 1 is 1.29 bits per heavy atom. The van der Waals surface area contributed by atoms with Crippen LogP contribution in [0.4, 0.5) is 0 Å². The van der Waals surface area contributed by atoms with Crippen LogP contribution in [0.15, 0.2) is 11.1 Å². The second kappa shape index (κ2) is 8.89. The van der Waals surface area contributed by atoms with E-state index in [1.165, 1.54) is 15.2 Å². The molecule has 0 radical (unpaired) electrons. The summed E-state index contributed by atoms with van der Waals surface area (Å²) in [6.07, 6.45) is 2.61. The number of hydrogen-bond donors (Lipinski definition) is 1. The molecule has 0 spiro atoms. The normalized spacial score (nSPS) is 21.5. The maximum atomic E-state index is 12.8. The Balaban J connectivity index is 1.49. The number of sulfonamides is 1. The monoisotopic (exact) mass is 413 g/mol. The van der Waals surface area contributed by atoms with Crippen molar-refractivity contribution in [1.29, 1.82) is 0 Å². The molecule has 2 aliphatic heterocycles. The molecule has 10 heteroatoms. The number of rotatable bonds is 6. The zero-order valence-corrected chi connectivity index (χ0v) is 17.7. The molecule has 3 heterocycles. The van der Waals surface area contributed by atoms with E-state index in [4.69, 9.17) is 4.74 Å². The van der Waals surface area contributed by atoms with Gasteiger partial charge in [-0.1, -0.05) is 0 Å². The van der Waals surface area contributed by atoms with Crippen LogP contribution in [0, 0.1) is 12.8 Å². The first-order chi connectivity index (χ1) is 13.3. The lowest BCUT2D eigenvalue weighted by Crippen LogP contribution is -2.49. The lowest BCUT2D eigenvalue weighted by Gasteiger charge is -2.33. The van der Waals surface area contributed by atoms with E-state index in [1.54, 1.807) is 14.0 Å². The van der Waals surface area contributed by atoms with Gasteiger partial charge in [-0.3, -0.25) is 14.4 Å². The van der Waals surface area contributed by atoms with Gasteiger partial charge in [-0.2, -0.15) is 9.40 Å². The van der Waals surface area contributed by atoms with Crippen molar-refractivity contribution in [2.75, 3.05) is 45.9 Å². The summed E-state index contributed by atoms with van der Waals surface area (Å²) in [5.74, 6) is -0.118. The first-order valence-corrected chi connectivity index (χ1v) is 11.3. The topological polar surface area (TPSA) is 96.8 Å². The molecule has 2 fully saturated rings. The van der Waals surface area contributed by atoms with Crippen LogP contribution >= 0.6 is 0 Å². The number of carbonyl (C=O) groups excluding carboxylic acids is 1. The Morgan fingerprint density at radius 2 is 1.93 bits per heavy atom. The van der Waals surface area contributed by atoms with E-state index in [2.05, 4.69) is 22.2 Å². The SMILES string of the molecule is Cc1nn(C)cc1S(=O)(=O)N1CCC(C(=O)NCC(C)N2CCOCC2)CC1. The summed E-state index contributed by atoms with van der Waals surface area (Å²) in [6, 6.07) is 0.266. The minimum absolute atomic E-state index is 0.0229. The van der Waals surface area contributed by atoms with Crippen molar-refractivity contribution in [3.8, 4) is 0 Å². The Hall–Kier alpha value is -1.49. The minimum Gasteiger partial charge on any atom is -0.379 e. The van der Waals surface area contributed by atoms with Crippen molar-refractivity contribution in [2.24, 2.45) is 13.0 Å². The smallest absolute Gasteiger partial charge is 0.246 e. The molecule has 3 rings (SSSR count). The highest BCUT2D eigenvalue weighted by Gasteiger charge is 2.34. The summed E-state index contributed by atoms with van der Waals surface area (Å²) in [4.78, 5) is 15.1. The second-order valence-corrected chi connectivity index (χ2v) is 9.58. The third kappa shape index (κ3) is 4.73. The number of ether oxygens (including phenoxy) is 1. The molecule has 1 N–H and O–H groups in total. The molecule has 1 amide bonds. The van der Waals surface area contributed by atoms with Crippen LogP contribution in [-0.2, 0) is 26.6 Å². The van der Waals surface area contributed by atoms with Crippen LogP contribution in [0.25, 0.3) is 0 Å². The van der Waals surface area contributed by atoms with E-state index < -0.39 is 10.0 Å². The molecule has 0 aromatic carbocycles. The van der Waals surface area contributed by atoms with Crippen molar-refractivity contribution < 1.29 is 17.9 Å². The Morgan fingerprint density at radius 3 is 2.50 bits per heavy atom. The molecule has 9 nitrogen and oxygen atoms in total. The summed E-state index contributed by atoms with van der Waals surface area (Å²) < 4.78 is 34.0. The Bertz CT molecular complexity index is 780. The number of piperidine rings is 1. The van der Waals surface area contributed by atoms with Gasteiger partial charge < -0.3 is 10.1 Å². The standard InChI is InChI=1S/C18H31N5O4S/c1-14(22-8-10-27-11-9-22)12-19-18(24)16-4-6-23(7-5-16)28(25,26)17-13-21(3)20-15(17)2/h13-14,16H,4-12H2,1-3H3,(H,19,24). The lowest BCUT2D eigenvalue weighted by atomic mass is 9.97. The zero-order valence-electron chi connectivity index (χ0n) is 16.9. The Labute approximate surface area is 167 Å². The van der Waals surface area contributed by atoms with Crippen LogP contribution in [-0.4, -0.2) is 85.3 Å². The third-order valence-electron chi connectivity index (χ3n) is 5.65. The van der Waals surface area contributed by atoms with Crippen molar-refractivity contribution in [1.82, 2.24) is 24.3 Å². The maximum Gasteiger partial charge on any atom is 0.246 e. The second-order valence-electron chi connectivity index (χ2n) is 7.67. The fourth-order valence-electron chi connectivity index (χ4n) is 3.87. The molecule has 2 aliphatic rings. The van der Waals surface area contributed by atoms with Crippen molar-refractivity contribution >= 4 is 15.9 Å². The van der Waals surface area contributed by atoms with E-state index in [0.29, 0.717) is 38.2 Å². The number of morpholine rings is 1. The maximum absolute atomic E-state index is 12.8. The fourth-order valence-corrected chi connectivity index (χ4v) is 5.54. The molecule has 28 heavy (non-hydrogen) atoms. The predicted octanol–water partition coefficient (Wildman–Crippen LogP) is -0.0339. The minimum atomic E-state index is -3.56. The molecule has 158 valence electrons. The van der Waals surface area contributed by atoms with Crippen molar-refractivity contribution in [2.45, 2.75) is 37.6 Å². The van der Waals surface area contributed by atoms with E-state index in [0.717, 1.165) is 26.3 Å². The van der Waals surface area contributed by atoms with Crippen LogP contribution in [0.5, 0.6) is 0 Å². The number of nitrogens with one attached hydrogen (secondary N) is 1. The van der Waals surface area contributed by atoms with Gasteiger partial charge in [-0.05, 0) is 26.7 Å². The number of amides is 1. The molecule has 0 saturated carbocycles. The lowest BCUT2D eigenvalue weighted by molar-refractivity contribution is -0.126. The average molecular weight is 414 g/mol. The summed E-state index contributed by atoms with van der Waals surface area (Å²) in [5.41, 5.74) is 0.500. The highest BCUT2D eigenvalue weighted by atomic mass is 32.2.